The Morgan fingerprint density at radius 2 is 1.88 bits per heavy atom. The Labute approximate surface area is 145 Å². The van der Waals surface area contributed by atoms with Crippen LogP contribution < -0.4 is 5.32 Å². The smallest absolute Gasteiger partial charge is 0.348 e. The molecule has 2 aromatic carbocycles. The third-order valence-corrected chi connectivity index (χ3v) is 4.49. The van der Waals surface area contributed by atoms with E-state index in [0.717, 1.165) is 4.70 Å². The van der Waals surface area contributed by atoms with Crippen LogP contribution in [0, 0.1) is 5.82 Å². The zero-order valence-electron chi connectivity index (χ0n) is 12.2. The molecular formula is C17H11ClFNO3S. The van der Waals surface area contributed by atoms with E-state index in [0.29, 0.717) is 21.0 Å². The Hall–Kier alpha value is -2.44. The van der Waals surface area contributed by atoms with Gasteiger partial charge in [0.25, 0.3) is 5.91 Å². The molecule has 0 saturated carbocycles. The van der Waals surface area contributed by atoms with Crippen molar-refractivity contribution in [1.29, 1.82) is 0 Å². The van der Waals surface area contributed by atoms with Crippen molar-refractivity contribution < 1.29 is 18.7 Å². The minimum atomic E-state index is -0.622. The van der Waals surface area contributed by atoms with Gasteiger partial charge in [0.15, 0.2) is 6.61 Å². The molecule has 1 N–H and O–H groups in total. The van der Waals surface area contributed by atoms with E-state index in [1.807, 2.05) is 0 Å². The predicted molar refractivity (Wildman–Crippen MR) is 92.1 cm³/mol. The summed E-state index contributed by atoms with van der Waals surface area (Å²) >= 11 is 6.94. The van der Waals surface area contributed by atoms with Crippen LogP contribution in [-0.4, -0.2) is 18.5 Å². The summed E-state index contributed by atoms with van der Waals surface area (Å²) < 4.78 is 18.9. The SMILES string of the molecule is O=C(COC(=O)c1cc2cc(F)ccc2s1)Nc1ccc(Cl)cc1. The average Bonchev–Trinajstić information content (AvgIpc) is 2.98. The summed E-state index contributed by atoms with van der Waals surface area (Å²) in [5.74, 6) is -1.46. The molecule has 0 saturated heterocycles. The van der Waals surface area contributed by atoms with Crippen LogP contribution in [-0.2, 0) is 9.53 Å². The molecule has 3 rings (SSSR count). The minimum Gasteiger partial charge on any atom is -0.451 e. The van der Waals surface area contributed by atoms with Gasteiger partial charge in [-0.15, -0.1) is 11.3 Å². The number of nitrogens with one attached hydrogen (secondary N) is 1. The van der Waals surface area contributed by atoms with Crippen molar-refractivity contribution in [3.8, 4) is 0 Å². The zero-order valence-corrected chi connectivity index (χ0v) is 13.8. The monoisotopic (exact) mass is 363 g/mol. The summed E-state index contributed by atoms with van der Waals surface area (Å²) in [4.78, 5) is 24.1. The van der Waals surface area contributed by atoms with Crippen LogP contribution >= 0.6 is 22.9 Å². The highest BCUT2D eigenvalue weighted by Crippen LogP contribution is 2.26. The molecule has 3 aromatic rings. The Kier molecular flexibility index (Phi) is 4.78. The van der Waals surface area contributed by atoms with Gasteiger partial charge in [-0.05, 0) is 53.9 Å². The third kappa shape index (κ3) is 3.90. The van der Waals surface area contributed by atoms with Crippen LogP contribution in [0.2, 0.25) is 5.02 Å². The molecule has 4 nitrogen and oxygen atoms in total. The first kappa shape index (κ1) is 16.4. The van der Waals surface area contributed by atoms with Crippen LogP contribution in [0.5, 0.6) is 0 Å². The van der Waals surface area contributed by atoms with E-state index < -0.39 is 18.5 Å². The maximum Gasteiger partial charge on any atom is 0.348 e. The van der Waals surface area contributed by atoms with Gasteiger partial charge in [-0.25, -0.2) is 9.18 Å². The molecule has 0 spiro atoms. The Bertz CT molecular complexity index is 908. The highest BCUT2D eigenvalue weighted by atomic mass is 35.5. The second-order valence-electron chi connectivity index (χ2n) is 4.92. The van der Waals surface area contributed by atoms with Gasteiger partial charge in [0.1, 0.15) is 10.7 Å². The molecule has 0 unspecified atom stereocenters. The lowest BCUT2D eigenvalue weighted by Crippen LogP contribution is -2.20. The summed E-state index contributed by atoms with van der Waals surface area (Å²) in [5.41, 5.74) is 0.554. The van der Waals surface area contributed by atoms with E-state index in [-0.39, 0.29) is 5.82 Å². The molecule has 0 aliphatic carbocycles. The predicted octanol–water partition coefficient (Wildman–Crippen LogP) is 4.49. The van der Waals surface area contributed by atoms with Crippen molar-refractivity contribution in [2.24, 2.45) is 0 Å². The fourth-order valence-electron chi connectivity index (χ4n) is 2.05. The molecule has 0 radical (unpaired) electrons. The van der Waals surface area contributed by atoms with Gasteiger partial charge >= 0.3 is 5.97 Å². The van der Waals surface area contributed by atoms with Crippen LogP contribution in [0.25, 0.3) is 10.1 Å². The number of halogens is 2. The lowest BCUT2D eigenvalue weighted by molar-refractivity contribution is -0.119. The molecule has 1 aromatic heterocycles. The number of carbonyl (C=O) groups excluding carboxylic acids is 2. The quantitative estimate of drug-likeness (QED) is 0.695. The van der Waals surface area contributed by atoms with Crippen molar-refractivity contribution in [2.75, 3.05) is 11.9 Å². The topological polar surface area (TPSA) is 55.4 Å². The van der Waals surface area contributed by atoms with Crippen molar-refractivity contribution in [1.82, 2.24) is 0 Å². The molecule has 0 bridgehead atoms. The van der Waals surface area contributed by atoms with E-state index in [4.69, 9.17) is 16.3 Å². The largest absolute Gasteiger partial charge is 0.451 e. The number of benzene rings is 2. The lowest BCUT2D eigenvalue weighted by atomic mass is 10.2. The molecule has 0 fully saturated rings. The summed E-state index contributed by atoms with van der Waals surface area (Å²) in [6.45, 7) is -0.413. The van der Waals surface area contributed by atoms with E-state index >= 15 is 0 Å². The van der Waals surface area contributed by atoms with Gasteiger partial charge in [-0.2, -0.15) is 0 Å². The highest BCUT2D eigenvalue weighted by Gasteiger charge is 2.14. The maximum absolute atomic E-state index is 13.2. The molecule has 0 aliphatic rings. The van der Waals surface area contributed by atoms with Crippen molar-refractivity contribution in [3.63, 3.8) is 0 Å². The number of fused-ring (bicyclic) bond motifs is 1. The van der Waals surface area contributed by atoms with Crippen LogP contribution in [0.3, 0.4) is 0 Å². The van der Waals surface area contributed by atoms with Crippen LogP contribution in [0.4, 0.5) is 10.1 Å². The van der Waals surface area contributed by atoms with Gasteiger partial charge in [-0.3, -0.25) is 4.79 Å². The summed E-state index contributed by atoms with van der Waals surface area (Å²) in [7, 11) is 0. The second kappa shape index (κ2) is 6.98. The second-order valence-corrected chi connectivity index (χ2v) is 6.44. The number of ether oxygens (including phenoxy) is 1. The van der Waals surface area contributed by atoms with Gasteiger partial charge in [0, 0.05) is 15.4 Å². The number of hydrogen-bond acceptors (Lipinski definition) is 4. The molecule has 7 heteroatoms. The fourth-order valence-corrected chi connectivity index (χ4v) is 3.11. The summed E-state index contributed by atoms with van der Waals surface area (Å²) in [6.07, 6.45) is 0. The van der Waals surface area contributed by atoms with E-state index in [1.165, 1.54) is 23.5 Å². The minimum absolute atomic E-state index is 0.315. The molecular weight excluding hydrogens is 353 g/mol. The molecule has 0 aliphatic heterocycles. The Morgan fingerprint density at radius 1 is 1.12 bits per heavy atom. The standard InChI is InChI=1S/C17H11ClFNO3S/c18-11-1-4-13(5-2-11)20-16(21)9-23-17(22)15-8-10-7-12(19)3-6-14(10)24-15/h1-8H,9H2,(H,20,21). The molecule has 24 heavy (non-hydrogen) atoms. The highest BCUT2D eigenvalue weighted by molar-refractivity contribution is 7.20. The van der Waals surface area contributed by atoms with Gasteiger partial charge < -0.3 is 10.1 Å². The maximum atomic E-state index is 13.2. The summed E-state index contributed by atoms with van der Waals surface area (Å²) in [5, 5.41) is 3.77. The number of esters is 1. The van der Waals surface area contributed by atoms with Crippen molar-refractivity contribution >= 4 is 50.6 Å². The number of rotatable bonds is 4. The van der Waals surface area contributed by atoms with E-state index in [2.05, 4.69) is 5.32 Å². The number of carbonyl (C=O) groups is 2. The first-order valence-electron chi connectivity index (χ1n) is 6.93. The summed E-state index contributed by atoms with van der Waals surface area (Å²) in [6, 6.07) is 12.4. The number of amides is 1. The number of anilines is 1. The molecule has 1 heterocycles. The van der Waals surface area contributed by atoms with Gasteiger partial charge in [-0.1, -0.05) is 11.6 Å². The molecule has 122 valence electrons. The Morgan fingerprint density at radius 3 is 2.62 bits per heavy atom. The van der Waals surface area contributed by atoms with Crippen molar-refractivity contribution in [3.05, 3.63) is 64.2 Å². The van der Waals surface area contributed by atoms with Crippen LogP contribution in [0.15, 0.2) is 48.5 Å². The van der Waals surface area contributed by atoms with Crippen LogP contribution in [0.1, 0.15) is 9.67 Å². The third-order valence-electron chi connectivity index (χ3n) is 3.14. The molecule has 0 atom stereocenters. The average molecular weight is 364 g/mol. The first-order chi connectivity index (χ1) is 11.5. The number of hydrogen-bond donors (Lipinski definition) is 1. The zero-order chi connectivity index (χ0) is 17.1. The first-order valence-corrected chi connectivity index (χ1v) is 8.12. The fraction of sp³-hybridized carbons (Fsp3) is 0.0588. The van der Waals surface area contributed by atoms with Gasteiger partial charge in [0.05, 0.1) is 0 Å². The van der Waals surface area contributed by atoms with Gasteiger partial charge in [0.2, 0.25) is 0 Å². The Balaban J connectivity index is 1.59. The lowest BCUT2D eigenvalue weighted by Gasteiger charge is -2.05. The van der Waals surface area contributed by atoms with Crippen molar-refractivity contribution in [2.45, 2.75) is 0 Å². The van der Waals surface area contributed by atoms with E-state index in [9.17, 15) is 14.0 Å². The normalized spacial score (nSPS) is 10.6. The number of thiophene rings is 1. The molecule has 1 amide bonds. The van der Waals surface area contributed by atoms with E-state index in [1.54, 1.807) is 36.4 Å².